The second-order valence-electron chi connectivity index (χ2n) is 2.93. The first kappa shape index (κ1) is 11.5. The zero-order chi connectivity index (χ0) is 10.6. The predicted molar refractivity (Wildman–Crippen MR) is 58.4 cm³/mol. The summed E-state index contributed by atoms with van der Waals surface area (Å²) in [6.07, 6.45) is 0.960. The van der Waals surface area contributed by atoms with Crippen molar-refractivity contribution >= 4 is 23.2 Å². The normalized spacial score (nSPS) is 11.9. The molecule has 0 fully saturated rings. The van der Waals surface area contributed by atoms with E-state index in [1.165, 1.54) is 0 Å². The molecule has 0 saturated carbocycles. The van der Waals surface area contributed by atoms with Crippen molar-refractivity contribution in [3.8, 4) is 0 Å². The van der Waals surface area contributed by atoms with Crippen molar-refractivity contribution in [3.63, 3.8) is 0 Å². The number of nitrogens with two attached hydrogens (primary N) is 1. The molecule has 0 saturated heterocycles. The molecule has 1 nitrogen and oxygen atoms in total. The minimum atomic E-state index is 0.195. The summed E-state index contributed by atoms with van der Waals surface area (Å²) < 4.78 is 12.2. The molecule has 0 atom stereocenters. The molecular formula is C10H10Cl2FN. The van der Waals surface area contributed by atoms with Gasteiger partial charge in [-0.2, -0.15) is 0 Å². The second-order valence-corrected chi connectivity index (χ2v) is 3.80. The molecule has 0 spiro atoms. The van der Waals surface area contributed by atoms with Crippen LogP contribution in [-0.4, -0.2) is 6.54 Å². The van der Waals surface area contributed by atoms with E-state index in [1.807, 2.05) is 0 Å². The van der Waals surface area contributed by atoms with Gasteiger partial charge in [0.05, 0.1) is 6.33 Å². The van der Waals surface area contributed by atoms with Gasteiger partial charge < -0.3 is 5.73 Å². The van der Waals surface area contributed by atoms with Gasteiger partial charge in [-0.1, -0.05) is 23.2 Å². The molecule has 0 heterocycles. The maximum atomic E-state index is 12.2. The van der Waals surface area contributed by atoms with Gasteiger partial charge in [-0.3, -0.25) is 0 Å². The minimum Gasteiger partial charge on any atom is -0.327 e. The lowest BCUT2D eigenvalue weighted by molar-refractivity contribution is 0.699. The van der Waals surface area contributed by atoms with Gasteiger partial charge in [0.1, 0.15) is 0 Å². The Morgan fingerprint density at radius 1 is 1.29 bits per heavy atom. The lowest BCUT2D eigenvalue weighted by atomic mass is 10.1. The Kier molecular flexibility index (Phi) is 4.39. The van der Waals surface area contributed by atoms with Gasteiger partial charge in [0.25, 0.3) is 0 Å². The third-order valence-corrected chi connectivity index (χ3v) is 2.21. The molecular weight excluding hydrogens is 224 g/mol. The first-order chi connectivity index (χ1) is 6.65. The summed E-state index contributed by atoms with van der Waals surface area (Å²) in [7, 11) is 0. The molecule has 4 heteroatoms. The van der Waals surface area contributed by atoms with Gasteiger partial charge in [-0.15, -0.1) is 0 Å². The van der Waals surface area contributed by atoms with E-state index in [1.54, 1.807) is 18.2 Å². The van der Waals surface area contributed by atoms with Crippen molar-refractivity contribution in [2.75, 3.05) is 6.54 Å². The standard InChI is InChI=1S/C10H10Cl2FN/c11-9-2-7(3-10(12)4-9)1-8(5-13)6-14/h2-5H,1,6,14H2/b8-5-. The number of hydrogen-bond acceptors (Lipinski definition) is 1. The van der Waals surface area contributed by atoms with E-state index in [9.17, 15) is 4.39 Å². The zero-order valence-corrected chi connectivity index (χ0v) is 8.95. The first-order valence-electron chi connectivity index (χ1n) is 4.09. The summed E-state index contributed by atoms with van der Waals surface area (Å²) in [6.45, 7) is 0.195. The molecule has 14 heavy (non-hydrogen) atoms. The van der Waals surface area contributed by atoms with Crippen LogP contribution >= 0.6 is 23.2 Å². The minimum absolute atomic E-state index is 0.195. The van der Waals surface area contributed by atoms with Crippen molar-refractivity contribution in [2.45, 2.75) is 6.42 Å². The topological polar surface area (TPSA) is 26.0 Å². The van der Waals surface area contributed by atoms with E-state index in [2.05, 4.69) is 0 Å². The summed E-state index contributed by atoms with van der Waals surface area (Å²) in [6, 6.07) is 5.12. The molecule has 76 valence electrons. The molecule has 0 radical (unpaired) electrons. The highest BCUT2D eigenvalue weighted by Gasteiger charge is 2.01. The predicted octanol–water partition coefficient (Wildman–Crippen LogP) is 3.35. The van der Waals surface area contributed by atoms with Crippen molar-refractivity contribution < 1.29 is 4.39 Å². The Bertz CT molecular complexity index is 330. The van der Waals surface area contributed by atoms with E-state index in [0.717, 1.165) is 5.56 Å². The van der Waals surface area contributed by atoms with Gasteiger partial charge in [-0.05, 0) is 35.8 Å². The number of rotatable bonds is 3. The molecule has 0 bridgehead atoms. The number of benzene rings is 1. The lowest BCUT2D eigenvalue weighted by Crippen LogP contribution is -2.05. The second kappa shape index (κ2) is 5.35. The molecule has 0 aliphatic rings. The van der Waals surface area contributed by atoms with Crippen molar-refractivity contribution in [1.29, 1.82) is 0 Å². The first-order valence-corrected chi connectivity index (χ1v) is 4.84. The fraction of sp³-hybridized carbons (Fsp3) is 0.200. The van der Waals surface area contributed by atoms with Crippen LogP contribution in [0.1, 0.15) is 5.56 Å². The number of hydrogen-bond donors (Lipinski definition) is 1. The lowest BCUT2D eigenvalue weighted by Gasteiger charge is -2.04. The monoisotopic (exact) mass is 233 g/mol. The van der Waals surface area contributed by atoms with Crippen LogP contribution in [0.3, 0.4) is 0 Å². The largest absolute Gasteiger partial charge is 0.327 e. The maximum absolute atomic E-state index is 12.2. The van der Waals surface area contributed by atoms with Crippen LogP contribution in [0.15, 0.2) is 30.1 Å². The quantitative estimate of drug-likeness (QED) is 0.852. The van der Waals surface area contributed by atoms with E-state index in [0.29, 0.717) is 28.4 Å². The van der Waals surface area contributed by atoms with Gasteiger partial charge in [0.2, 0.25) is 0 Å². The summed E-state index contributed by atoms with van der Waals surface area (Å²) >= 11 is 11.6. The molecule has 0 aliphatic carbocycles. The molecule has 1 aromatic rings. The summed E-state index contributed by atoms with van der Waals surface area (Å²) in [4.78, 5) is 0. The van der Waals surface area contributed by atoms with Gasteiger partial charge in [-0.25, -0.2) is 4.39 Å². The Morgan fingerprint density at radius 3 is 2.29 bits per heavy atom. The van der Waals surface area contributed by atoms with E-state index < -0.39 is 0 Å². The van der Waals surface area contributed by atoms with E-state index >= 15 is 0 Å². The Labute approximate surface area is 92.3 Å². The molecule has 1 rings (SSSR count). The van der Waals surface area contributed by atoms with Gasteiger partial charge >= 0.3 is 0 Å². The number of halogens is 3. The fourth-order valence-electron chi connectivity index (χ4n) is 1.13. The SMILES string of the molecule is NC/C(=C\F)Cc1cc(Cl)cc(Cl)c1. The average molecular weight is 234 g/mol. The van der Waals surface area contributed by atoms with E-state index in [4.69, 9.17) is 28.9 Å². The van der Waals surface area contributed by atoms with Crippen LogP contribution in [0, 0.1) is 0 Å². The molecule has 0 aromatic heterocycles. The molecule has 0 amide bonds. The van der Waals surface area contributed by atoms with Crippen LogP contribution in [0.2, 0.25) is 10.0 Å². The molecule has 0 aliphatic heterocycles. The van der Waals surface area contributed by atoms with Crippen LogP contribution < -0.4 is 5.73 Å². The van der Waals surface area contributed by atoms with Gasteiger partial charge in [0.15, 0.2) is 0 Å². The Hall–Kier alpha value is -0.570. The highest BCUT2D eigenvalue weighted by atomic mass is 35.5. The third kappa shape index (κ3) is 3.29. The van der Waals surface area contributed by atoms with Crippen LogP contribution in [0.4, 0.5) is 4.39 Å². The summed E-state index contributed by atoms with van der Waals surface area (Å²) in [5.41, 5.74) is 6.71. The smallest absolute Gasteiger partial charge is 0.0875 e. The summed E-state index contributed by atoms with van der Waals surface area (Å²) in [5, 5.41) is 1.09. The third-order valence-electron chi connectivity index (χ3n) is 1.77. The molecule has 2 N–H and O–H groups in total. The average Bonchev–Trinajstić information content (AvgIpc) is 2.12. The van der Waals surface area contributed by atoms with Crippen molar-refractivity contribution in [3.05, 3.63) is 45.7 Å². The van der Waals surface area contributed by atoms with E-state index in [-0.39, 0.29) is 6.54 Å². The zero-order valence-electron chi connectivity index (χ0n) is 7.43. The molecule has 1 aromatic carbocycles. The van der Waals surface area contributed by atoms with Crippen molar-refractivity contribution in [1.82, 2.24) is 0 Å². The van der Waals surface area contributed by atoms with Crippen LogP contribution in [0.25, 0.3) is 0 Å². The highest BCUT2D eigenvalue weighted by molar-refractivity contribution is 6.34. The highest BCUT2D eigenvalue weighted by Crippen LogP contribution is 2.20. The fourth-order valence-corrected chi connectivity index (χ4v) is 1.70. The van der Waals surface area contributed by atoms with Crippen LogP contribution in [-0.2, 0) is 6.42 Å². The van der Waals surface area contributed by atoms with Crippen LogP contribution in [0.5, 0.6) is 0 Å². The Balaban J connectivity index is 2.86. The maximum Gasteiger partial charge on any atom is 0.0875 e. The molecule has 0 unspecified atom stereocenters. The van der Waals surface area contributed by atoms with Crippen molar-refractivity contribution in [2.24, 2.45) is 5.73 Å². The Morgan fingerprint density at radius 2 is 1.86 bits per heavy atom. The van der Waals surface area contributed by atoms with Gasteiger partial charge in [0, 0.05) is 16.6 Å². The summed E-state index contributed by atoms with van der Waals surface area (Å²) in [5.74, 6) is 0.